The molecule has 1 aliphatic heterocycles. The van der Waals surface area contributed by atoms with Gasteiger partial charge in [0.1, 0.15) is 0 Å². The zero-order chi connectivity index (χ0) is 22.7. The molecular weight excluding hydrogens is 394 g/mol. The molecule has 3 rings (SSSR count). The first-order valence-electron chi connectivity index (χ1n) is 10.1. The maximum absolute atomic E-state index is 12.7. The second-order valence-electron chi connectivity index (χ2n) is 7.84. The number of hydrogen-bond donors (Lipinski definition) is 2. The van der Waals surface area contributed by atoms with Gasteiger partial charge in [-0.05, 0) is 57.5 Å². The van der Waals surface area contributed by atoms with Crippen molar-refractivity contribution in [2.45, 2.75) is 39.8 Å². The van der Waals surface area contributed by atoms with E-state index in [0.29, 0.717) is 28.1 Å². The van der Waals surface area contributed by atoms with Crippen LogP contribution in [-0.2, 0) is 9.53 Å². The van der Waals surface area contributed by atoms with Crippen LogP contribution in [0.5, 0.6) is 0 Å². The molecule has 1 atom stereocenters. The molecule has 1 heterocycles. The molecule has 7 heteroatoms. The van der Waals surface area contributed by atoms with Gasteiger partial charge in [-0.3, -0.25) is 4.79 Å². The Bertz CT molecular complexity index is 1020. The highest BCUT2D eigenvalue weighted by atomic mass is 16.5. The van der Waals surface area contributed by atoms with Gasteiger partial charge in [-0.2, -0.15) is 0 Å². The quantitative estimate of drug-likeness (QED) is 0.710. The SMILES string of the molecule is CC1=C(C(=O)OC(C)C)[C@@H](c2ccc(NC(=O)c3ccc(C)cc3)cc2)NC(=O)N1C. The fraction of sp³-hybridized carbons (Fsp3) is 0.292. The fourth-order valence-electron chi connectivity index (χ4n) is 3.29. The highest BCUT2D eigenvalue weighted by molar-refractivity contribution is 6.04. The third-order valence-corrected chi connectivity index (χ3v) is 5.13. The Hall–Kier alpha value is -3.61. The first-order chi connectivity index (χ1) is 14.7. The molecule has 0 radical (unpaired) electrons. The predicted octanol–water partition coefficient (Wildman–Crippen LogP) is 4.17. The largest absolute Gasteiger partial charge is 0.459 e. The molecule has 1 aliphatic rings. The van der Waals surface area contributed by atoms with Gasteiger partial charge < -0.3 is 20.3 Å². The highest BCUT2D eigenvalue weighted by Gasteiger charge is 2.35. The molecule has 2 N–H and O–H groups in total. The van der Waals surface area contributed by atoms with E-state index in [9.17, 15) is 14.4 Å². The van der Waals surface area contributed by atoms with E-state index in [4.69, 9.17) is 4.74 Å². The lowest BCUT2D eigenvalue weighted by molar-refractivity contribution is -0.143. The monoisotopic (exact) mass is 421 g/mol. The van der Waals surface area contributed by atoms with Crippen LogP contribution in [0.4, 0.5) is 10.5 Å². The minimum absolute atomic E-state index is 0.211. The first kappa shape index (κ1) is 22.1. The van der Waals surface area contributed by atoms with Crippen molar-refractivity contribution in [3.8, 4) is 0 Å². The molecule has 0 aromatic heterocycles. The molecule has 2 aromatic carbocycles. The number of urea groups is 1. The average molecular weight is 421 g/mol. The van der Waals surface area contributed by atoms with Gasteiger partial charge in [0.2, 0.25) is 0 Å². The maximum Gasteiger partial charge on any atom is 0.338 e. The highest BCUT2D eigenvalue weighted by Crippen LogP contribution is 2.31. The van der Waals surface area contributed by atoms with Crippen LogP contribution < -0.4 is 10.6 Å². The van der Waals surface area contributed by atoms with E-state index in [-0.39, 0.29) is 18.0 Å². The summed E-state index contributed by atoms with van der Waals surface area (Å²) in [6.45, 7) is 7.24. The van der Waals surface area contributed by atoms with Crippen LogP contribution in [0.2, 0.25) is 0 Å². The van der Waals surface area contributed by atoms with Crippen molar-refractivity contribution in [1.82, 2.24) is 10.2 Å². The number of carbonyl (C=O) groups is 3. The smallest absolute Gasteiger partial charge is 0.338 e. The number of allylic oxidation sites excluding steroid dienone is 1. The molecule has 0 fully saturated rings. The number of anilines is 1. The molecule has 0 spiro atoms. The standard InChI is InChI=1S/C24H27N3O4/c1-14(2)31-23(29)20-16(4)27(5)24(30)26-21(20)17-10-12-19(13-11-17)25-22(28)18-8-6-15(3)7-9-18/h6-14,21H,1-5H3,(H,25,28)(H,26,30)/t21-/m1/s1. The average Bonchev–Trinajstić information content (AvgIpc) is 2.72. The van der Waals surface area contributed by atoms with E-state index in [1.807, 2.05) is 19.1 Å². The Morgan fingerprint density at radius 2 is 1.65 bits per heavy atom. The molecule has 162 valence electrons. The summed E-state index contributed by atoms with van der Waals surface area (Å²) < 4.78 is 5.40. The van der Waals surface area contributed by atoms with Crippen molar-refractivity contribution >= 4 is 23.6 Å². The summed E-state index contributed by atoms with van der Waals surface area (Å²) in [4.78, 5) is 38.9. The number of ether oxygens (including phenoxy) is 1. The predicted molar refractivity (Wildman–Crippen MR) is 119 cm³/mol. The molecule has 0 aliphatic carbocycles. The van der Waals surface area contributed by atoms with Gasteiger partial charge >= 0.3 is 12.0 Å². The number of rotatable bonds is 5. The summed E-state index contributed by atoms with van der Waals surface area (Å²) >= 11 is 0. The zero-order valence-corrected chi connectivity index (χ0v) is 18.4. The topological polar surface area (TPSA) is 87.7 Å². The van der Waals surface area contributed by atoms with Crippen LogP contribution in [-0.4, -0.2) is 36.0 Å². The number of nitrogens with one attached hydrogen (secondary N) is 2. The van der Waals surface area contributed by atoms with Crippen LogP contribution in [0.1, 0.15) is 48.3 Å². The third kappa shape index (κ3) is 4.94. The van der Waals surface area contributed by atoms with Gasteiger partial charge in [-0.1, -0.05) is 29.8 Å². The summed E-state index contributed by atoms with van der Waals surface area (Å²) in [7, 11) is 1.60. The molecule has 0 unspecified atom stereocenters. The number of esters is 1. The van der Waals surface area contributed by atoms with E-state index >= 15 is 0 Å². The molecule has 7 nitrogen and oxygen atoms in total. The van der Waals surface area contributed by atoms with Gasteiger partial charge in [0, 0.05) is 24.0 Å². The Morgan fingerprint density at radius 1 is 1.03 bits per heavy atom. The van der Waals surface area contributed by atoms with Crippen LogP contribution in [0.15, 0.2) is 59.8 Å². The molecule has 2 aromatic rings. The summed E-state index contributed by atoms with van der Waals surface area (Å²) in [5.74, 6) is -0.682. The maximum atomic E-state index is 12.7. The molecule has 31 heavy (non-hydrogen) atoms. The van der Waals surface area contributed by atoms with E-state index in [1.165, 1.54) is 4.90 Å². The molecule has 0 saturated heterocycles. The normalized spacial score (nSPS) is 16.3. The molecular formula is C24H27N3O4. The summed E-state index contributed by atoms with van der Waals surface area (Å²) in [5, 5.41) is 5.70. The zero-order valence-electron chi connectivity index (χ0n) is 18.4. The van der Waals surface area contributed by atoms with Gasteiger partial charge in [0.05, 0.1) is 17.7 Å². The second-order valence-corrected chi connectivity index (χ2v) is 7.84. The number of hydrogen-bond acceptors (Lipinski definition) is 4. The van der Waals surface area contributed by atoms with Gasteiger partial charge in [-0.15, -0.1) is 0 Å². The fourth-order valence-corrected chi connectivity index (χ4v) is 3.29. The van der Waals surface area contributed by atoms with Crippen molar-refractivity contribution < 1.29 is 19.1 Å². The Labute approximate surface area is 182 Å². The van der Waals surface area contributed by atoms with Gasteiger partial charge in [0.15, 0.2) is 0 Å². The lowest BCUT2D eigenvalue weighted by Gasteiger charge is -2.33. The summed E-state index contributed by atoms with van der Waals surface area (Å²) in [5.41, 5.74) is 3.89. The Balaban J connectivity index is 1.84. The van der Waals surface area contributed by atoms with Gasteiger partial charge in [-0.25, -0.2) is 9.59 Å². The lowest BCUT2D eigenvalue weighted by atomic mass is 9.95. The lowest BCUT2D eigenvalue weighted by Crippen LogP contribution is -2.46. The van der Waals surface area contributed by atoms with Crippen molar-refractivity contribution in [3.63, 3.8) is 0 Å². The van der Waals surface area contributed by atoms with Crippen molar-refractivity contribution in [2.75, 3.05) is 12.4 Å². The van der Waals surface area contributed by atoms with E-state index < -0.39 is 12.0 Å². The first-order valence-corrected chi connectivity index (χ1v) is 10.1. The number of benzene rings is 2. The number of aryl methyl sites for hydroxylation is 1. The van der Waals surface area contributed by atoms with Gasteiger partial charge in [0.25, 0.3) is 5.91 Å². The van der Waals surface area contributed by atoms with Crippen LogP contribution in [0.3, 0.4) is 0 Å². The number of nitrogens with zero attached hydrogens (tertiary/aromatic N) is 1. The van der Waals surface area contributed by atoms with Crippen molar-refractivity contribution in [1.29, 1.82) is 0 Å². The minimum atomic E-state index is -0.642. The second kappa shape index (κ2) is 9.04. The van der Waals surface area contributed by atoms with Crippen LogP contribution in [0, 0.1) is 6.92 Å². The Kier molecular flexibility index (Phi) is 6.44. The van der Waals surface area contributed by atoms with E-state index in [0.717, 1.165) is 5.56 Å². The minimum Gasteiger partial charge on any atom is -0.459 e. The molecule has 3 amide bonds. The molecule has 0 bridgehead atoms. The van der Waals surface area contributed by atoms with Crippen LogP contribution >= 0.6 is 0 Å². The van der Waals surface area contributed by atoms with Crippen LogP contribution in [0.25, 0.3) is 0 Å². The van der Waals surface area contributed by atoms with E-state index in [1.54, 1.807) is 64.2 Å². The van der Waals surface area contributed by atoms with E-state index in [2.05, 4.69) is 10.6 Å². The summed E-state index contributed by atoms with van der Waals surface area (Å²) in [6, 6.07) is 13.4. The Morgan fingerprint density at radius 3 is 2.23 bits per heavy atom. The number of carbonyl (C=O) groups excluding carboxylic acids is 3. The summed E-state index contributed by atoms with van der Waals surface area (Å²) in [6.07, 6.45) is -0.282. The number of amides is 3. The van der Waals surface area contributed by atoms with Crippen molar-refractivity contribution in [2.24, 2.45) is 0 Å². The van der Waals surface area contributed by atoms with Crippen molar-refractivity contribution in [3.05, 3.63) is 76.5 Å². The molecule has 0 saturated carbocycles. The third-order valence-electron chi connectivity index (χ3n) is 5.13.